The Hall–Kier alpha value is -3.05. The zero-order valence-corrected chi connectivity index (χ0v) is 11.3. The van der Waals surface area contributed by atoms with Crippen LogP contribution in [0.4, 0.5) is 0 Å². The fourth-order valence-corrected chi connectivity index (χ4v) is 2.91. The van der Waals surface area contributed by atoms with Gasteiger partial charge in [-0.15, -0.1) is 0 Å². The second-order valence-electron chi connectivity index (χ2n) is 5.06. The van der Waals surface area contributed by atoms with Crippen LogP contribution in [-0.2, 0) is 0 Å². The van der Waals surface area contributed by atoms with Crippen molar-refractivity contribution >= 4 is 21.8 Å². The van der Waals surface area contributed by atoms with Crippen LogP contribution >= 0.6 is 0 Å². The molecule has 21 heavy (non-hydrogen) atoms. The maximum Gasteiger partial charge on any atom is 0.0998 e. The van der Waals surface area contributed by atoms with Crippen LogP contribution in [0, 0.1) is 11.3 Å². The summed E-state index contributed by atoms with van der Waals surface area (Å²) in [6.07, 6.45) is 0. The molecule has 0 aliphatic rings. The third-order valence-corrected chi connectivity index (χ3v) is 3.88. The van der Waals surface area contributed by atoms with E-state index in [1.165, 1.54) is 10.8 Å². The average molecular weight is 268 g/mol. The molecular formula is C19H12N2. The fourth-order valence-electron chi connectivity index (χ4n) is 2.91. The van der Waals surface area contributed by atoms with Gasteiger partial charge in [0, 0.05) is 27.4 Å². The molecule has 1 aromatic heterocycles. The first-order valence-electron chi connectivity index (χ1n) is 6.87. The normalized spacial score (nSPS) is 10.8. The Morgan fingerprint density at radius 1 is 0.714 bits per heavy atom. The van der Waals surface area contributed by atoms with Crippen LogP contribution < -0.4 is 0 Å². The number of aromatic amines is 1. The SMILES string of the molecule is N#Cc1ccccc1-c1cccc2c1[nH]c1ccccc12. The predicted octanol–water partition coefficient (Wildman–Crippen LogP) is 4.86. The summed E-state index contributed by atoms with van der Waals surface area (Å²) in [6, 6.07) is 24.5. The molecule has 4 aromatic rings. The highest BCUT2D eigenvalue weighted by atomic mass is 14.7. The molecule has 3 aromatic carbocycles. The molecule has 0 atom stereocenters. The molecule has 98 valence electrons. The molecular weight excluding hydrogens is 256 g/mol. The molecule has 1 N–H and O–H groups in total. The first-order chi connectivity index (χ1) is 10.4. The number of nitriles is 1. The topological polar surface area (TPSA) is 39.6 Å². The second-order valence-corrected chi connectivity index (χ2v) is 5.06. The van der Waals surface area contributed by atoms with Crippen LogP contribution in [0.5, 0.6) is 0 Å². The number of hydrogen-bond donors (Lipinski definition) is 1. The fraction of sp³-hybridized carbons (Fsp3) is 0. The molecule has 2 nitrogen and oxygen atoms in total. The Morgan fingerprint density at radius 2 is 1.43 bits per heavy atom. The van der Waals surface area contributed by atoms with Crippen LogP contribution in [0.15, 0.2) is 66.7 Å². The maximum atomic E-state index is 9.33. The summed E-state index contributed by atoms with van der Waals surface area (Å²) < 4.78 is 0. The lowest BCUT2D eigenvalue weighted by atomic mass is 9.98. The molecule has 0 aliphatic heterocycles. The van der Waals surface area contributed by atoms with E-state index in [4.69, 9.17) is 0 Å². The molecule has 1 heterocycles. The van der Waals surface area contributed by atoms with Gasteiger partial charge in [0.05, 0.1) is 17.1 Å². The van der Waals surface area contributed by atoms with Gasteiger partial charge < -0.3 is 4.98 Å². The number of fused-ring (bicyclic) bond motifs is 3. The van der Waals surface area contributed by atoms with Crippen molar-refractivity contribution in [2.45, 2.75) is 0 Å². The number of benzene rings is 3. The van der Waals surface area contributed by atoms with Gasteiger partial charge in [-0.2, -0.15) is 5.26 Å². The van der Waals surface area contributed by atoms with Gasteiger partial charge in [-0.25, -0.2) is 0 Å². The molecule has 0 amide bonds. The zero-order valence-electron chi connectivity index (χ0n) is 11.3. The van der Waals surface area contributed by atoms with Gasteiger partial charge in [0.15, 0.2) is 0 Å². The van der Waals surface area contributed by atoms with Crippen LogP contribution in [0.2, 0.25) is 0 Å². The summed E-state index contributed by atoms with van der Waals surface area (Å²) in [5.41, 5.74) is 4.94. The van der Waals surface area contributed by atoms with E-state index in [0.717, 1.165) is 22.2 Å². The third kappa shape index (κ3) is 1.72. The van der Waals surface area contributed by atoms with Crippen molar-refractivity contribution in [3.05, 3.63) is 72.3 Å². The standard InChI is InChI=1S/C19H12N2/c20-12-13-6-1-2-7-14(13)16-9-5-10-17-15-8-3-4-11-18(15)21-19(16)17/h1-11,21H. The highest BCUT2D eigenvalue weighted by Gasteiger charge is 2.11. The number of aromatic nitrogens is 1. The summed E-state index contributed by atoms with van der Waals surface area (Å²) >= 11 is 0. The summed E-state index contributed by atoms with van der Waals surface area (Å²) in [5, 5.41) is 11.7. The van der Waals surface area contributed by atoms with E-state index in [1.807, 2.05) is 42.5 Å². The minimum absolute atomic E-state index is 0.698. The van der Waals surface area contributed by atoms with E-state index < -0.39 is 0 Å². The Bertz CT molecular complexity index is 1000. The maximum absolute atomic E-state index is 9.33. The number of nitrogens with one attached hydrogen (secondary N) is 1. The average Bonchev–Trinajstić information content (AvgIpc) is 2.93. The van der Waals surface area contributed by atoms with Crippen molar-refractivity contribution in [1.82, 2.24) is 4.98 Å². The van der Waals surface area contributed by atoms with Crippen molar-refractivity contribution in [1.29, 1.82) is 5.26 Å². The Kier molecular flexibility index (Phi) is 2.52. The minimum Gasteiger partial charge on any atom is -0.354 e. The Labute approximate surface area is 122 Å². The molecule has 0 aliphatic carbocycles. The number of hydrogen-bond acceptors (Lipinski definition) is 1. The van der Waals surface area contributed by atoms with Crippen molar-refractivity contribution in [3.8, 4) is 17.2 Å². The van der Waals surface area contributed by atoms with E-state index >= 15 is 0 Å². The van der Waals surface area contributed by atoms with Crippen LogP contribution in [0.25, 0.3) is 32.9 Å². The van der Waals surface area contributed by atoms with E-state index in [2.05, 4.69) is 35.3 Å². The molecule has 0 fully saturated rings. The highest BCUT2D eigenvalue weighted by molar-refractivity contribution is 6.12. The first kappa shape index (κ1) is 11.7. The Morgan fingerprint density at radius 3 is 2.33 bits per heavy atom. The van der Waals surface area contributed by atoms with Gasteiger partial charge >= 0.3 is 0 Å². The molecule has 0 saturated heterocycles. The highest BCUT2D eigenvalue weighted by Crippen LogP contribution is 2.34. The van der Waals surface area contributed by atoms with E-state index in [0.29, 0.717) is 5.56 Å². The van der Waals surface area contributed by atoms with Crippen molar-refractivity contribution in [2.24, 2.45) is 0 Å². The van der Waals surface area contributed by atoms with E-state index in [1.54, 1.807) is 0 Å². The summed E-state index contributed by atoms with van der Waals surface area (Å²) in [4.78, 5) is 3.49. The van der Waals surface area contributed by atoms with Crippen molar-refractivity contribution in [3.63, 3.8) is 0 Å². The van der Waals surface area contributed by atoms with Crippen LogP contribution in [-0.4, -0.2) is 4.98 Å². The monoisotopic (exact) mass is 268 g/mol. The summed E-state index contributed by atoms with van der Waals surface area (Å²) in [5.74, 6) is 0. The van der Waals surface area contributed by atoms with Gasteiger partial charge in [-0.1, -0.05) is 54.6 Å². The zero-order chi connectivity index (χ0) is 14.2. The minimum atomic E-state index is 0.698. The molecule has 0 saturated carbocycles. The number of H-pyrrole nitrogens is 1. The summed E-state index contributed by atoms with van der Waals surface area (Å²) in [6.45, 7) is 0. The van der Waals surface area contributed by atoms with Gasteiger partial charge in [-0.05, 0) is 12.1 Å². The molecule has 0 bridgehead atoms. The number of para-hydroxylation sites is 2. The van der Waals surface area contributed by atoms with E-state index in [-0.39, 0.29) is 0 Å². The number of nitrogens with zero attached hydrogens (tertiary/aromatic N) is 1. The molecule has 0 spiro atoms. The lowest BCUT2D eigenvalue weighted by Crippen LogP contribution is -1.85. The van der Waals surface area contributed by atoms with E-state index in [9.17, 15) is 5.26 Å². The quantitative estimate of drug-likeness (QED) is 0.526. The smallest absolute Gasteiger partial charge is 0.0998 e. The second kappa shape index (κ2) is 4.50. The van der Waals surface area contributed by atoms with Gasteiger partial charge in [0.2, 0.25) is 0 Å². The third-order valence-electron chi connectivity index (χ3n) is 3.88. The predicted molar refractivity (Wildman–Crippen MR) is 86.0 cm³/mol. The van der Waals surface area contributed by atoms with Crippen molar-refractivity contribution in [2.75, 3.05) is 0 Å². The summed E-state index contributed by atoms with van der Waals surface area (Å²) in [7, 11) is 0. The van der Waals surface area contributed by atoms with Gasteiger partial charge in [-0.3, -0.25) is 0 Å². The lowest BCUT2D eigenvalue weighted by Gasteiger charge is -2.05. The van der Waals surface area contributed by atoms with Gasteiger partial charge in [0.25, 0.3) is 0 Å². The van der Waals surface area contributed by atoms with Crippen LogP contribution in [0.3, 0.4) is 0 Å². The largest absolute Gasteiger partial charge is 0.354 e. The van der Waals surface area contributed by atoms with Gasteiger partial charge in [0.1, 0.15) is 0 Å². The Balaban J connectivity index is 2.13. The molecule has 0 radical (unpaired) electrons. The van der Waals surface area contributed by atoms with Crippen molar-refractivity contribution < 1.29 is 0 Å². The number of rotatable bonds is 1. The van der Waals surface area contributed by atoms with Crippen LogP contribution in [0.1, 0.15) is 5.56 Å². The molecule has 0 unspecified atom stereocenters. The lowest BCUT2D eigenvalue weighted by molar-refractivity contribution is 1.47. The first-order valence-corrected chi connectivity index (χ1v) is 6.87. The molecule has 2 heteroatoms. The molecule has 4 rings (SSSR count).